The first-order valence-electron chi connectivity index (χ1n) is 9.17. The van der Waals surface area contributed by atoms with Crippen LogP contribution in [0.3, 0.4) is 0 Å². The van der Waals surface area contributed by atoms with E-state index in [9.17, 15) is 22.4 Å². The molecule has 1 N–H and O–H groups in total. The molecule has 32 heavy (non-hydrogen) atoms. The lowest BCUT2D eigenvalue weighted by molar-refractivity contribution is 0.0639. The molecule has 0 spiro atoms. The minimum atomic E-state index is -4.35. The maximum absolute atomic E-state index is 14.0. The van der Waals surface area contributed by atoms with Crippen LogP contribution in [0.1, 0.15) is 26.4 Å². The van der Waals surface area contributed by atoms with Gasteiger partial charge in [0.2, 0.25) is 0 Å². The number of fused-ring (bicyclic) bond motifs is 1. The lowest BCUT2D eigenvalue weighted by atomic mass is 10.2. The molecule has 1 aliphatic rings. The summed E-state index contributed by atoms with van der Waals surface area (Å²) in [5.74, 6) is -1.89. The fraction of sp³-hybridized carbons (Fsp3) is 0.0952. The Morgan fingerprint density at radius 3 is 2.62 bits per heavy atom. The van der Waals surface area contributed by atoms with Crippen molar-refractivity contribution < 1.29 is 27.1 Å². The number of carbonyl (C=O) groups excluding carboxylic acids is 2. The highest BCUT2D eigenvalue weighted by molar-refractivity contribution is 7.92. The van der Waals surface area contributed by atoms with Gasteiger partial charge in [-0.05, 0) is 48.0 Å². The van der Waals surface area contributed by atoms with Crippen molar-refractivity contribution >= 4 is 39.1 Å². The number of nitrogens with one attached hydrogen (secondary N) is 1. The van der Waals surface area contributed by atoms with Crippen molar-refractivity contribution in [3.63, 3.8) is 0 Å². The number of pyridine rings is 1. The number of rotatable bonds is 6. The summed E-state index contributed by atoms with van der Waals surface area (Å²) in [6.45, 7) is -0.392. The molecule has 0 aliphatic carbocycles. The molecule has 4 rings (SSSR count). The molecule has 11 heteroatoms. The molecule has 0 bridgehead atoms. The fourth-order valence-corrected chi connectivity index (χ4v) is 4.77. The Labute approximate surface area is 187 Å². The van der Waals surface area contributed by atoms with Crippen LogP contribution in [0.15, 0.2) is 59.6 Å². The summed E-state index contributed by atoms with van der Waals surface area (Å²) in [5, 5.41) is 0.251. The number of sulfonamides is 1. The van der Waals surface area contributed by atoms with Crippen molar-refractivity contribution in [2.45, 2.75) is 11.4 Å². The van der Waals surface area contributed by atoms with Crippen molar-refractivity contribution in [1.82, 2.24) is 9.88 Å². The molecule has 0 saturated heterocycles. The van der Waals surface area contributed by atoms with Crippen LogP contribution >= 0.6 is 11.6 Å². The molecule has 0 saturated carbocycles. The normalized spacial score (nSPS) is 13.3. The molecule has 0 radical (unpaired) electrons. The lowest BCUT2D eigenvalue weighted by Crippen LogP contribution is -2.30. The Hall–Kier alpha value is -3.50. The van der Waals surface area contributed by atoms with Crippen molar-refractivity contribution in [2.75, 3.05) is 11.8 Å². The smallest absolute Gasteiger partial charge is 0.280 e. The summed E-state index contributed by atoms with van der Waals surface area (Å²) in [4.78, 5) is 29.6. The van der Waals surface area contributed by atoms with Crippen LogP contribution < -0.4 is 9.46 Å². The third-order valence-corrected chi connectivity index (χ3v) is 6.47. The van der Waals surface area contributed by atoms with Gasteiger partial charge in [0.15, 0.2) is 0 Å². The van der Waals surface area contributed by atoms with Gasteiger partial charge in [0.1, 0.15) is 17.3 Å². The second-order valence-electron chi connectivity index (χ2n) is 6.80. The largest absolute Gasteiger partial charge is 0.495 e. The second-order valence-corrected chi connectivity index (χ2v) is 8.89. The van der Waals surface area contributed by atoms with Crippen LogP contribution in [0.4, 0.5) is 10.1 Å². The van der Waals surface area contributed by atoms with Gasteiger partial charge in [0.25, 0.3) is 21.8 Å². The molecular formula is C21H15ClFN3O5S. The van der Waals surface area contributed by atoms with Gasteiger partial charge in [-0.1, -0.05) is 17.7 Å². The molecule has 0 atom stereocenters. The van der Waals surface area contributed by atoms with Crippen molar-refractivity contribution in [3.8, 4) is 5.75 Å². The Morgan fingerprint density at radius 1 is 1.12 bits per heavy atom. The predicted octanol–water partition coefficient (Wildman–Crippen LogP) is 3.48. The fourth-order valence-electron chi connectivity index (χ4n) is 3.30. The summed E-state index contributed by atoms with van der Waals surface area (Å²) in [7, 11) is -3.00. The average molecular weight is 476 g/mol. The second kappa shape index (κ2) is 8.21. The minimum Gasteiger partial charge on any atom is -0.495 e. The van der Waals surface area contributed by atoms with E-state index < -0.39 is 39.1 Å². The highest BCUT2D eigenvalue weighted by Crippen LogP contribution is 2.31. The number of imide groups is 1. The minimum absolute atomic E-state index is 0.0224. The van der Waals surface area contributed by atoms with Crippen molar-refractivity contribution in [2.24, 2.45) is 0 Å². The van der Waals surface area contributed by atoms with Crippen LogP contribution in [0.2, 0.25) is 5.02 Å². The average Bonchev–Trinajstić information content (AvgIpc) is 3.00. The number of amides is 2. The van der Waals surface area contributed by atoms with E-state index in [0.29, 0.717) is 0 Å². The van der Waals surface area contributed by atoms with Crippen molar-refractivity contribution in [1.29, 1.82) is 0 Å². The number of methoxy groups -OCH3 is 1. The van der Waals surface area contributed by atoms with Gasteiger partial charge in [-0.3, -0.25) is 24.2 Å². The number of nitrogens with zero attached hydrogens (tertiary/aromatic N) is 2. The van der Waals surface area contributed by atoms with E-state index >= 15 is 0 Å². The SMILES string of the molecule is COc1ccc(Cl)cc1NS(=O)(=O)c1cc(F)ccc1CN1C(=O)c2cccnc2C1=O. The van der Waals surface area contributed by atoms with E-state index in [1.54, 1.807) is 0 Å². The predicted molar refractivity (Wildman–Crippen MR) is 114 cm³/mol. The highest BCUT2D eigenvalue weighted by atomic mass is 35.5. The molecule has 164 valence electrons. The van der Waals surface area contributed by atoms with Crippen LogP contribution in [0.25, 0.3) is 0 Å². The zero-order valence-corrected chi connectivity index (χ0v) is 18.1. The number of halogens is 2. The van der Waals surface area contributed by atoms with Crippen LogP contribution in [0.5, 0.6) is 5.75 Å². The van der Waals surface area contributed by atoms with Crippen LogP contribution in [-0.4, -0.2) is 37.2 Å². The Balaban J connectivity index is 1.71. The zero-order chi connectivity index (χ0) is 23.0. The number of ether oxygens (including phenoxy) is 1. The first-order chi connectivity index (χ1) is 15.2. The van der Waals surface area contributed by atoms with E-state index in [2.05, 4.69) is 9.71 Å². The van der Waals surface area contributed by atoms with E-state index in [4.69, 9.17) is 16.3 Å². The van der Waals surface area contributed by atoms with Gasteiger partial charge in [0.05, 0.1) is 29.8 Å². The molecule has 3 aromatic rings. The Bertz CT molecular complexity index is 1330. The van der Waals surface area contributed by atoms with Gasteiger partial charge >= 0.3 is 0 Å². The van der Waals surface area contributed by atoms with E-state index in [1.807, 2.05) is 0 Å². The molecule has 1 aliphatic heterocycles. The number of benzene rings is 2. The molecule has 2 amide bonds. The summed E-state index contributed by atoms with van der Waals surface area (Å²) in [6.07, 6.45) is 1.38. The maximum Gasteiger partial charge on any atom is 0.280 e. The van der Waals surface area contributed by atoms with Gasteiger partial charge in [-0.25, -0.2) is 12.8 Å². The van der Waals surface area contributed by atoms with Crippen LogP contribution in [-0.2, 0) is 16.6 Å². The number of anilines is 1. The number of aromatic nitrogens is 1. The quantitative estimate of drug-likeness (QED) is 0.547. The lowest BCUT2D eigenvalue weighted by Gasteiger charge is -2.18. The van der Waals surface area contributed by atoms with E-state index in [-0.39, 0.29) is 33.3 Å². The third-order valence-electron chi connectivity index (χ3n) is 4.78. The standard InChI is InChI=1S/C21H15ClFN3O5S/c1-31-17-7-5-13(22)9-16(17)25-32(29,30)18-10-14(23)6-4-12(18)11-26-20(27)15-3-2-8-24-19(15)21(26)28/h2-10,25H,11H2,1H3. The molecule has 0 unspecified atom stereocenters. The molecule has 2 aromatic carbocycles. The number of carbonyl (C=O) groups is 2. The molecular weight excluding hydrogens is 461 g/mol. The highest BCUT2D eigenvalue weighted by Gasteiger charge is 2.37. The van der Waals surface area contributed by atoms with Gasteiger partial charge in [-0.2, -0.15) is 0 Å². The first kappa shape index (κ1) is 21.7. The van der Waals surface area contributed by atoms with Gasteiger partial charge < -0.3 is 4.74 Å². The Kier molecular flexibility index (Phi) is 5.57. The summed E-state index contributed by atoms with van der Waals surface area (Å²) >= 11 is 5.96. The number of hydrogen-bond acceptors (Lipinski definition) is 6. The molecule has 8 nitrogen and oxygen atoms in total. The summed E-state index contributed by atoms with van der Waals surface area (Å²) < 4.78 is 47.7. The molecule has 2 heterocycles. The maximum atomic E-state index is 14.0. The van der Waals surface area contributed by atoms with E-state index in [1.165, 1.54) is 49.7 Å². The topological polar surface area (TPSA) is 106 Å². The van der Waals surface area contributed by atoms with Gasteiger partial charge in [0, 0.05) is 11.2 Å². The monoisotopic (exact) mass is 475 g/mol. The van der Waals surface area contributed by atoms with Crippen LogP contribution in [0, 0.1) is 5.82 Å². The molecule has 1 aromatic heterocycles. The molecule has 0 fully saturated rings. The summed E-state index contributed by atoms with van der Waals surface area (Å²) in [6, 6.07) is 10.4. The van der Waals surface area contributed by atoms with Gasteiger partial charge in [-0.15, -0.1) is 0 Å². The third kappa shape index (κ3) is 3.90. The first-order valence-corrected chi connectivity index (χ1v) is 11.0. The Morgan fingerprint density at radius 2 is 1.91 bits per heavy atom. The number of hydrogen-bond donors (Lipinski definition) is 1. The van der Waals surface area contributed by atoms with E-state index in [0.717, 1.165) is 17.0 Å². The summed E-state index contributed by atoms with van der Waals surface area (Å²) in [5.41, 5.74) is 0.172. The zero-order valence-electron chi connectivity index (χ0n) is 16.5. The van der Waals surface area contributed by atoms with Crippen molar-refractivity contribution in [3.05, 3.63) is 82.4 Å².